The molecule has 11 heteroatoms. The number of benzene rings is 1. The van der Waals surface area contributed by atoms with Gasteiger partial charge in [-0.25, -0.2) is 18.0 Å². The van der Waals surface area contributed by atoms with E-state index in [0.29, 0.717) is 13.1 Å². The summed E-state index contributed by atoms with van der Waals surface area (Å²) in [7, 11) is -3.76. The zero-order valence-electron chi connectivity index (χ0n) is 15.5. The van der Waals surface area contributed by atoms with Crippen molar-refractivity contribution < 1.29 is 27.5 Å². The highest BCUT2D eigenvalue weighted by Crippen LogP contribution is 2.26. The van der Waals surface area contributed by atoms with Crippen molar-refractivity contribution in [1.29, 1.82) is 0 Å². The highest BCUT2D eigenvalue weighted by atomic mass is 35.5. The number of nitrogens with two attached hydrogens (primary N) is 1. The average molecular weight is 432 g/mol. The van der Waals surface area contributed by atoms with Crippen molar-refractivity contribution in [3.8, 4) is 0 Å². The smallest absolute Gasteiger partial charge is 0.340 e. The monoisotopic (exact) mass is 431 g/mol. The number of hydrogen-bond acceptors (Lipinski definition) is 6. The molecule has 1 fully saturated rings. The first kappa shape index (κ1) is 22.1. The van der Waals surface area contributed by atoms with Gasteiger partial charge in [0.1, 0.15) is 0 Å². The topological polar surface area (TPSA) is 136 Å². The molecule has 1 saturated heterocycles. The molecule has 0 unspecified atom stereocenters. The summed E-state index contributed by atoms with van der Waals surface area (Å²) in [5.74, 6) is -2.34. The molecule has 1 aliphatic heterocycles. The number of carbonyl (C=O) groups excluding carboxylic acids is 3. The summed E-state index contributed by atoms with van der Waals surface area (Å²) in [6.45, 7) is 4.03. The number of sulfonamides is 1. The van der Waals surface area contributed by atoms with E-state index in [1.54, 1.807) is 13.8 Å². The molecule has 3 amide bonds. The molecule has 0 saturated carbocycles. The number of imide groups is 1. The van der Waals surface area contributed by atoms with Crippen LogP contribution in [-0.4, -0.2) is 49.8 Å². The van der Waals surface area contributed by atoms with Crippen molar-refractivity contribution in [2.24, 2.45) is 11.7 Å². The minimum Gasteiger partial charge on any atom is -0.448 e. The van der Waals surface area contributed by atoms with Crippen LogP contribution in [0.5, 0.6) is 0 Å². The van der Waals surface area contributed by atoms with Crippen molar-refractivity contribution in [3.05, 3.63) is 28.8 Å². The quantitative estimate of drug-likeness (QED) is 0.655. The number of nitrogens with one attached hydrogen (secondary N) is 1. The Kier molecular flexibility index (Phi) is 7.02. The molecule has 1 atom stereocenters. The van der Waals surface area contributed by atoms with Gasteiger partial charge in [0, 0.05) is 13.1 Å². The summed E-state index contributed by atoms with van der Waals surface area (Å²) in [5, 5.41) is 1.83. The zero-order chi connectivity index (χ0) is 21.1. The standard InChI is InChI=1S/C17H22ClN3O6S/c1-10(2)14(15(22)20-17(19)24)27-16(23)12-9-11(5-6-13(12)18)28(25,26)21-7-3-4-8-21/h5-6,9-10,14H,3-4,7-8H2,1-2H3,(H3,19,20,22,24)/t14-/m0/s1. The highest BCUT2D eigenvalue weighted by molar-refractivity contribution is 7.89. The minimum absolute atomic E-state index is 0.0248. The number of primary amides is 1. The lowest BCUT2D eigenvalue weighted by Crippen LogP contribution is -2.45. The number of esters is 1. The molecule has 0 bridgehead atoms. The second kappa shape index (κ2) is 8.89. The van der Waals surface area contributed by atoms with Gasteiger partial charge in [-0.1, -0.05) is 25.4 Å². The number of urea groups is 1. The Balaban J connectivity index is 2.29. The molecule has 1 aliphatic rings. The van der Waals surface area contributed by atoms with Gasteiger partial charge in [0.2, 0.25) is 10.0 Å². The third-order valence-electron chi connectivity index (χ3n) is 4.20. The maximum atomic E-state index is 12.7. The summed E-state index contributed by atoms with van der Waals surface area (Å²) in [5.41, 5.74) is 4.73. The van der Waals surface area contributed by atoms with Gasteiger partial charge < -0.3 is 10.5 Å². The second-order valence-electron chi connectivity index (χ2n) is 6.68. The summed E-state index contributed by atoms with van der Waals surface area (Å²) >= 11 is 6.04. The van der Waals surface area contributed by atoms with Gasteiger partial charge in [0.15, 0.2) is 6.10 Å². The number of amides is 3. The number of nitrogens with zero attached hydrogens (tertiary/aromatic N) is 1. The summed E-state index contributed by atoms with van der Waals surface area (Å²) in [6, 6.07) is 2.65. The molecule has 0 aliphatic carbocycles. The lowest BCUT2D eigenvalue weighted by Gasteiger charge is -2.20. The van der Waals surface area contributed by atoms with Gasteiger partial charge >= 0.3 is 12.0 Å². The summed E-state index contributed by atoms with van der Waals surface area (Å²) < 4.78 is 31.9. The van der Waals surface area contributed by atoms with Crippen LogP contribution < -0.4 is 11.1 Å². The molecule has 9 nitrogen and oxygen atoms in total. The van der Waals surface area contributed by atoms with Crippen molar-refractivity contribution in [2.45, 2.75) is 37.7 Å². The predicted octanol–water partition coefficient (Wildman–Crippen LogP) is 1.50. The Morgan fingerprint density at radius 2 is 1.82 bits per heavy atom. The SMILES string of the molecule is CC(C)[C@H](OC(=O)c1cc(S(=O)(=O)N2CCCC2)ccc1Cl)C(=O)NC(N)=O. The molecule has 2 rings (SSSR count). The van der Waals surface area contributed by atoms with Crippen molar-refractivity contribution in [1.82, 2.24) is 9.62 Å². The Labute approximate surface area is 168 Å². The van der Waals surface area contributed by atoms with Crippen LogP contribution in [0.4, 0.5) is 4.79 Å². The average Bonchev–Trinajstić information content (AvgIpc) is 3.14. The number of carbonyl (C=O) groups is 3. The Hall–Kier alpha value is -2.17. The first-order valence-electron chi connectivity index (χ1n) is 8.65. The first-order chi connectivity index (χ1) is 13.0. The number of halogens is 1. The molecule has 1 aromatic rings. The molecule has 1 aromatic carbocycles. The first-order valence-corrected chi connectivity index (χ1v) is 10.5. The van der Waals surface area contributed by atoms with E-state index in [4.69, 9.17) is 22.1 Å². The highest BCUT2D eigenvalue weighted by Gasteiger charge is 2.31. The van der Waals surface area contributed by atoms with Crippen LogP contribution in [0.1, 0.15) is 37.0 Å². The van der Waals surface area contributed by atoms with Crippen LogP contribution in [0, 0.1) is 5.92 Å². The molecule has 0 spiro atoms. The second-order valence-corrected chi connectivity index (χ2v) is 9.02. The molecule has 3 N–H and O–H groups in total. The van der Waals surface area contributed by atoms with Gasteiger partial charge in [-0.3, -0.25) is 10.1 Å². The van der Waals surface area contributed by atoms with Crippen LogP contribution >= 0.6 is 11.6 Å². The van der Waals surface area contributed by atoms with Crippen LogP contribution in [0.3, 0.4) is 0 Å². The fraction of sp³-hybridized carbons (Fsp3) is 0.471. The van der Waals surface area contributed by atoms with E-state index in [-0.39, 0.29) is 15.5 Å². The fourth-order valence-corrected chi connectivity index (χ4v) is 4.50. The largest absolute Gasteiger partial charge is 0.448 e. The number of ether oxygens (including phenoxy) is 1. The number of rotatable bonds is 6. The predicted molar refractivity (Wildman–Crippen MR) is 101 cm³/mol. The minimum atomic E-state index is -3.76. The Morgan fingerprint density at radius 3 is 2.36 bits per heavy atom. The zero-order valence-corrected chi connectivity index (χ0v) is 17.0. The third kappa shape index (κ3) is 5.00. The van der Waals surface area contributed by atoms with Gasteiger partial charge in [-0.05, 0) is 37.0 Å². The molecule has 28 heavy (non-hydrogen) atoms. The van der Waals surface area contributed by atoms with Crippen molar-refractivity contribution >= 4 is 39.5 Å². The lowest BCUT2D eigenvalue weighted by molar-refractivity contribution is -0.130. The van der Waals surface area contributed by atoms with E-state index in [9.17, 15) is 22.8 Å². The van der Waals surface area contributed by atoms with Crippen LogP contribution in [-0.2, 0) is 19.6 Å². The third-order valence-corrected chi connectivity index (χ3v) is 6.43. The number of hydrogen-bond donors (Lipinski definition) is 2. The molecule has 0 aromatic heterocycles. The van der Waals surface area contributed by atoms with Gasteiger partial charge in [-0.2, -0.15) is 4.31 Å². The van der Waals surface area contributed by atoms with E-state index in [0.717, 1.165) is 18.9 Å². The molecular formula is C17H22ClN3O6S. The van der Waals surface area contributed by atoms with Crippen molar-refractivity contribution in [3.63, 3.8) is 0 Å². The molecular weight excluding hydrogens is 410 g/mol. The molecule has 154 valence electrons. The van der Waals surface area contributed by atoms with Crippen molar-refractivity contribution in [2.75, 3.05) is 13.1 Å². The normalized spacial score (nSPS) is 16.0. The molecule has 1 heterocycles. The fourth-order valence-electron chi connectivity index (χ4n) is 2.76. The van der Waals surface area contributed by atoms with Gasteiger partial charge in [-0.15, -0.1) is 0 Å². The van der Waals surface area contributed by atoms with E-state index in [2.05, 4.69) is 0 Å². The van der Waals surface area contributed by atoms with E-state index >= 15 is 0 Å². The van der Waals surface area contributed by atoms with E-state index in [1.165, 1.54) is 16.4 Å². The maximum Gasteiger partial charge on any atom is 0.340 e. The summed E-state index contributed by atoms with van der Waals surface area (Å²) in [4.78, 5) is 35.4. The maximum absolute atomic E-state index is 12.7. The lowest BCUT2D eigenvalue weighted by atomic mass is 10.1. The van der Waals surface area contributed by atoms with Crippen LogP contribution in [0.2, 0.25) is 5.02 Å². The van der Waals surface area contributed by atoms with Crippen LogP contribution in [0.25, 0.3) is 0 Å². The van der Waals surface area contributed by atoms with Crippen LogP contribution in [0.15, 0.2) is 23.1 Å². The van der Waals surface area contributed by atoms with Gasteiger partial charge in [0.25, 0.3) is 5.91 Å². The molecule has 0 radical (unpaired) electrons. The Bertz CT molecular complexity index is 881. The van der Waals surface area contributed by atoms with Gasteiger partial charge in [0.05, 0.1) is 15.5 Å². The van der Waals surface area contributed by atoms with E-state index in [1.807, 2.05) is 5.32 Å². The van der Waals surface area contributed by atoms with E-state index < -0.39 is 40.0 Å². The Morgan fingerprint density at radius 1 is 1.21 bits per heavy atom. The summed E-state index contributed by atoms with van der Waals surface area (Å²) in [6.07, 6.45) is 0.231.